The summed E-state index contributed by atoms with van der Waals surface area (Å²) in [5.74, 6) is 0.751. The van der Waals surface area contributed by atoms with E-state index in [0.29, 0.717) is 17.5 Å². The lowest BCUT2D eigenvalue weighted by molar-refractivity contribution is -0.130. The molecule has 0 radical (unpaired) electrons. The number of benzene rings is 1. The van der Waals surface area contributed by atoms with Gasteiger partial charge in [0.2, 0.25) is 15.9 Å². The number of tetrazole rings is 1. The highest BCUT2D eigenvalue weighted by molar-refractivity contribution is 7.92. The second kappa shape index (κ2) is 7.01. The minimum absolute atomic E-state index is 0.207. The third kappa shape index (κ3) is 3.71. The summed E-state index contributed by atoms with van der Waals surface area (Å²) >= 11 is 0. The molecule has 1 aromatic heterocycles. The summed E-state index contributed by atoms with van der Waals surface area (Å²) in [6.45, 7) is 1.67. The van der Waals surface area contributed by atoms with Crippen molar-refractivity contribution < 1.29 is 13.2 Å². The first kappa shape index (κ1) is 20.4. The summed E-state index contributed by atoms with van der Waals surface area (Å²) < 4.78 is 26.1. The Morgan fingerprint density at radius 1 is 1.26 bits per heavy atom. The van der Waals surface area contributed by atoms with E-state index < -0.39 is 10.0 Å². The number of hydrogen-bond donors (Lipinski definition) is 1. The van der Waals surface area contributed by atoms with Gasteiger partial charge in [-0.05, 0) is 80.2 Å². The van der Waals surface area contributed by atoms with Crippen LogP contribution >= 0.6 is 0 Å². The van der Waals surface area contributed by atoms with E-state index in [1.54, 1.807) is 23.0 Å². The maximum Gasteiger partial charge on any atom is 0.241 e. The second-order valence-corrected chi connectivity index (χ2v) is 11.8. The monoisotopic (exact) mass is 444 g/mol. The van der Waals surface area contributed by atoms with Crippen LogP contribution in [0.1, 0.15) is 44.1 Å². The van der Waals surface area contributed by atoms with Gasteiger partial charge in [-0.25, -0.2) is 8.42 Å². The van der Waals surface area contributed by atoms with Crippen molar-refractivity contribution >= 4 is 21.6 Å². The predicted molar refractivity (Wildman–Crippen MR) is 115 cm³/mol. The molecule has 1 aromatic carbocycles. The van der Waals surface area contributed by atoms with Crippen LogP contribution < -0.4 is 9.62 Å². The van der Waals surface area contributed by atoms with Gasteiger partial charge < -0.3 is 5.32 Å². The summed E-state index contributed by atoms with van der Waals surface area (Å²) in [6.07, 6.45) is 8.41. The van der Waals surface area contributed by atoms with Crippen molar-refractivity contribution in [2.24, 2.45) is 11.8 Å². The molecule has 2 aromatic rings. The highest BCUT2D eigenvalue weighted by atomic mass is 32.2. The zero-order chi connectivity index (χ0) is 21.9. The Balaban J connectivity index is 1.38. The van der Waals surface area contributed by atoms with Crippen LogP contribution in [0.3, 0.4) is 0 Å². The van der Waals surface area contributed by atoms with Crippen molar-refractivity contribution in [3.63, 3.8) is 0 Å². The van der Waals surface area contributed by atoms with Gasteiger partial charge in [0.25, 0.3) is 0 Å². The van der Waals surface area contributed by atoms with E-state index >= 15 is 0 Å². The third-order valence-electron chi connectivity index (χ3n) is 7.19. The van der Waals surface area contributed by atoms with E-state index in [2.05, 4.69) is 20.7 Å². The van der Waals surface area contributed by atoms with Crippen LogP contribution in [0.5, 0.6) is 0 Å². The summed E-state index contributed by atoms with van der Waals surface area (Å²) in [4.78, 5) is 14.9. The van der Waals surface area contributed by atoms with Crippen LogP contribution in [0, 0.1) is 18.8 Å². The molecule has 0 spiro atoms. The highest BCUT2D eigenvalue weighted by Gasteiger charge is 2.60. The molecular weight excluding hydrogens is 416 g/mol. The topological polar surface area (TPSA) is 110 Å². The molecule has 166 valence electrons. The van der Waals surface area contributed by atoms with Gasteiger partial charge in [0.1, 0.15) is 6.54 Å². The van der Waals surface area contributed by atoms with Crippen molar-refractivity contribution in [1.82, 2.24) is 25.5 Å². The Kier molecular flexibility index (Phi) is 4.62. The van der Waals surface area contributed by atoms with E-state index in [1.807, 2.05) is 13.0 Å². The normalized spacial score (nSPS) is 31.5. The third-order valence-corrected chi connectivity index (χ3v) is 8.33. The number of aromatic nitrogens is 4. The molecular formula is C21H28N6O3S. The van der Waals surface area contributed by atoms with E-state index in [4.69, 9.17) is 0 Å². The number of anilines is 1. The first-order valence-corrected chi connectivity index (χ1v) is 12.6. The molecule has 31 heavy (non-hydrogen) atoms. The van der Waals surface area contributed by atoms with Gasteiger partial charge in [-0.1, -0.05) is 12.1 Å². The molecule has 0 aliphatic heterocycles. The Morgan fingerprint density at radius 2 is 2.00 bits per heavy atom. The molecule has 10 heteroatoms. The van der Waals surface area contributed by atoms with Crippen molar-refractivity contribution in [2.45, 2.75) is 56.5 Å². The number of nitrogens with one attached hydrogen (secondary N) is 1. The van der Waals surface area contributed by atoms with Gasteiger partial charge in [0.15, 0.2) is 6.33 Å². The molecule has 9 nitrogen and oxygen atoms in total. The van der Waals surface area contributed by atoms with Crippen LogP contribution in [0.15, 0.2) is 30.6 Å². The molecule has 0 saturated heterocycles. The number of carbonyl (C=O) groups excluding carboxylic acids is 1. The fraction of sp³-hybridized carbons (Fsp3) is 0.619. The van der Waals surface area contributed by atoms with Gasteiger partial charge in [0.05, 0.1) is 17.5 Å². The van der Waals surface area contributed by atoms with Crippen LogP contribution in [-0.4, -0.2) is 52.9 Å². The molecule has 6 rings (SSSR count). The maximum atomic E-state index is 13.2. The maximum absolute atomic E-state index is 13.2. The molecule has 1 N–H and O–H groups in total. The summed E-state index contributed by atoms with van der Waals surface area (Å²) in [5, 5.41) is 15.7. The predicted octanol–water partition coefficient (Wildman–Crippen LogP) is 1.61. The van der Waals surface area contributed by atoms with Gasteiger partial charge in [-0.15, -0.1) is 10.2 Å². The molecule has 4 fully saturated rings. The smallest absolute Gasteiger partial charge is 0.241 e. The minimum Gasteiger partial charge on any atom is -0.349 e. The molecule has 2 unspecified atom stereocenters. The number of sulfonamides is 1. The second-order valence-electron chi connectivity index (χ2n) is 9.85. The number of rotatable bonds is 6. The number of hydrogen-bond acceptors (Lipinski definition) is 6. The quantitative estimate of drug-likeness (QED) is 0.725. The van der Waals surface area contributed by atoms with Crippen molar-refractivity contribution in [2.75, 3.05) is 17.1 Å². The zero-order valence-corrected chi connectivity index (χ0v) is 18.7. The Hall–Kier alpha value is -2.49. The SMILES string of the molecule is Cc1cccc(N(CC(=O)NC23CC4CC(C2)CC(n2ncnn2)(C4)C3)S(C)(=O)=O)c1. The lowest BCUT2D eigenvalue weighted by atomic mass is 9.50. The Morgan fingerprint density at radius 3 is 2.61 bits per heavy atom. The van der Waals surface area contributed by atoms with E-state index in [0.717, 1.165) is 43.9 Å². The van der Waals surface area contributed by atoms with Gasteiger partial charge >= 0.3 is 0 Å². The zero-order valence-electron chi connectivity index (χ0n) is 17.9. The Labute approximate surface area is 182 Å². The van der Waals surface area contributed by atoms with Crippen LogP contribution in [0.25, 0.3) is 0 Å². The van der Waals surface area contributed by atoms with Crippen LogP contribution in [-0.2, 0) is 20.4 Å². The lowest BCUT2D eigenvalue weighted by Crippen LogP contribution is -2.66. The lowest BCUT2D eigenvalue weighted by Gasteiger charge is -2.61. The van der Waals surface area contributed by atoms with Gasteiger partial charge in [-0.2, -0.15) is 4.80 Å². The van der Waals surface area contributed by atoms with E-state index in [-0.39, 0.29) is 23.5 Å². The summed E-state index contributed by atoms with van der Waals surface area (Å²) in [6, 6.07) is 7.20. The van der Waals surface area contributed by atoms with Crippen molar-refractivity contribution in [3.05, 3.63) is 36.2 Å². The standard InChI is InChI=1S/C21H28N6O3S/c1-15-4-3-5-18(6-15)26(31(2,29)30)12-19(28)24-20-8-16-7-17(9-20)11-21(10-16,13-20)27-23-14-22-25-27/h3-6,14,16-17H,7-13H2,1-2H3,(H,24,28). The molecule has 4 aliphatic rings. The van der Waals surface area contributed by atoms with E-state index in [1.165, 1.54) is 17.1 Å². The average molecular weight is 445 g/mol. The number of nitrogens with zero attached hydrogens (tertiary/aromatic N) is 5. The van der Waals surface area contributed by atoms with Crippen LogP contribution in [0.4, 0.5) is 5.69 Å². The van der Waals surface area contributed by atoms with E-state index in [9.17, 15) is 13.2 Å². The minimum atomic E-state index is -3.60. The Bertz CT molecular complexity index is 1090. The largest absolute Gasteiger partial charge is 0.349 e. The van der Waals surface area contributed by atoms with Crippen molar-refractivity contribution in [1.29, 1.82) is 0 Å². The fourth-order valence-electron chi connectivity index (χ4n) is 6.63. The molecule has 2 atom stereocenters. The number of carbonyl (C=O) groups is 1. The fourth-order valence-corrected chi connectivity index (χ4v) is 7.48. The van der Waals surface area contributed by atoms with Gasteiger partial charge in [-0.3, -0.25) is 9.10 Å². The van der Waals surface area contributed by atoms with Crippen LogP contribution in [0.2, 0.25) is 0 Å². The summed E-state index contributed by atoms with van der Waals surface area (Å²) in [7, 11) is -3.60. The number of aryl methyl sites for hydroxylation is 1. The molecule has 1 heterocycles. The highest BCUT2D eigenvalue weighted by Crippen LogP contribution is 2.60. The molecule has 1 amide bonds. The molecule has 4 aliphatic carbocycles. The van der Waals surface area contributed by atoms with Gasteiger partial charge in [0, 0.05) is 5.54 Å². The first-order chi connectivity index (χ1) is 14.7. The molecule has 4 saturated carbocycles. The average Bonchev–Trinajstić information content (AvgIpc) is 3.19. The first-order valence-electron chi connectivity index (χ1n) is 10.8. The van der Waals surface area contributed by atoms with Crippen molar-refractivity contribution in [3.8, 4) is 0 Å². The number of amides is 1. The summed E-state index contributed by atoms with van der Waals surface area (Å²) in [5.41, 5.74) is 0.896. The molecule has 4 bridgehead atoms.